The van der Waals surface area contributed by atoms with Crippen LogP contribution in [0.4, 0.5) is 0 Å². The highest BCUT2D eigenvalue weighted by molar-refractivity contribution is 7.86. The van der Waals surface area contributed by atoms with Crippen molar-refractivity contribution in [2.75, 3.05) is 38.8 Å². The summed E-state index contributed by atoms with van der Waals surface area (Å²) in [5.41, 5.74) is 1.68. The number of benzene rings is 3. The minimum atomic E-state index is -3.80. The first kappa shape index (κ1) is 28.6. The minimum Gasteiger partial charge on any atom is -0.492 e. The molecule has 0 saturated carbocycles. The van der Waals surface area contributed by atoms with E-state index in [0.717, 1.165) is 32.1 Å². The summed E-state index contributed by atoms with van der Waals surface area (Å²) < 4.78 is 62.0. The van der Waals surface area contributed by atoms with E-state index in [1.54, 1.807) is 36.4 Å². The summed E-state index contributed by atoms with van der Waals surface area (Å²) >= 11 is 0. The number of ketones is 1. The Morgan fingerprint density at radius 2 is 1.31 bits per heavy atom. The van der Waals surface area contributed by atoms with Gasteiger partial charge >= 0.3 is 20.2 Å². The summed E-state index contributed by atoms with van der Waals surface area (Å²) in [5.74, 6) is 0.529. The quantitative estimate of drug-likeness (QED) is 0.247. The molecule has 0 atom stereocenters. The van der Waals surface area contributed by atoms with E-state index in [1.807, 2.05) is 0 Å². The molecule has 0 amide bonds. The van der Waals surface area contributed by atoms with Gasteiger partial charge in [0.05, 0.1) is 12.5 Å². The Morgan fingerprint density at radius 1 is 0.744 bits per heavy atom. The molecular weight excluding hydrogens is 542 g/mol. The second-order valence-electron chi connectivity index (χ2n) is 9.41. The van der Waals surface area contributed by atoms with Crippen molar-refractivity contribution in [3.8, 4) is 28.4 Å². The van der Waals surface area contributed by atoms with Gasteiger partial charge in [0.2, 0.25) is 0 Å². The van der Waals surface area contributed by atoms with Crippen molar-refractivity contribution >= 4 is 26.0 Å². The number of rotatable bonds is 11. The maximum absolute atomic E-state index is 13.5. The zero-order valence-corrected chi connectivity index (χ0v) is 23.5. The molecule has 0 bridgehead atoms. The molecule has 11 heteroatoms. The summed E-state index contributed by atoms with van der Waals surface area (Å²) in [6.07, 6.45) is 5.59. The lowest BCUT2D eigenvalue weighted by atomic mass is 9.93. The Hall–Kier alpha value is -3.41. The first-order valence-corrected chi connectivity index (χ1v) is 16.1. The Labute approximate surface area is 229 Å². The molecule has 1 heterocycles. The normalized spacial score (nSPS) is 14.5. The van der Waals surface area contributed by atoms with Crippen LogP contribution in [-0.2, 0) is 20.2 Å². The number of piperidine rings is 1. The maximum atomic E-state index is 13.5. The predicted molar refractivity (Wildman–Crippen MR) is 148 cm³/mol. The van der Waals surface area contributed by atoms with Crippen LogP contribution >= 0.6 is 0 Å². The van der Waals surface area contributed by atoms with Crippen LogP contribution in [0.3, 0.4) is 0 Å². The molecule has 1 fully saturated rings. The van der Waals surface area contributed by atoms with E-state index in [2.05, 4.69) is 4.90 Å². The van der Waals surface area contributed by atoms with Gasteiger partial charge in [-0.3, -0.25) is 9.69 Å². The van der Waals surface area contributed by atoms with Gasteiger partial charge in [-0.1, -0.05) is 18.6 Å². The van der Waals surface area contributed by atoms with Gasteiger partial charge in [0.25, 0.3) is 0 Å². The van der Waals surface area contributed by atoms with E-state index in [9.17, 15) is 21.6 Å². The lowest BCUT2D eigenvalue weighted by molar-refractivity contribution is 0.103. The highest BCUT2D eigenvalue weighted by Crippen LogP contribution is 2.32. The van der Waals surface area contributed by atoms with Crippen LogP contribution in [0, 0.1) is 0 Å². The number of ether oxygens (including phenoxy) is 1. The monoisotopic (exact) mass is 573 g/mol. The van der Waals surface area contributed by atoms with Gasteiger partial charge < -0.3 is 13.1 Å². The molecule has 3 aromatic rings. The standard InChI is InChI=1S/C28H31NO8S2/c1-38(31,32)36-24-12-6-21(7-13-24)27-20-25(37-39(2,33)34)14-15-26(27)28(30)22-8-10-23(11-9-22)35-19-18-29-16-4-3-5-17-29/h6-15,20H,3-5,16-19H2,1-2H3. The second-order valence-corrected chi connectivity index (χ2v) is 12.6. The molecule has 9 nitrogen and oxygen atoms in total. The summed E-state index contributed by atoms with van der Waals surface area (Å²) in [4.78, 5) is 15.9. The van der Waals surface area contributed by atoms with E-state index in [4.69, 9.17) is 13.1 Å². The Bertz CT molecular complexity index is 1510. The van der Waals surface area contributed by atoms with Crippen LogP contribution in [0.5, 0.6) is 17.2 Å². The summed E-state index contributed by atoms with van der Waals surface area (Å²) in [5, 5.41) is 0. The fraction of sp³-hybridized carbons (Fsp3) is 0.321. The van der Waals surface area contributed by atoms with E-state index in [1.165, 1.54) is 49.6 Å². The Balaban J connectivity index is 1.55. The highest BCUT2D eigenvalue weighted by atomic mass is 32.2. The van der Waals surface area contributed by atoms with Crippen LogP contribution in [0.15, 0.2) is 66.7 Å². The average Bonchev–Trinajstić information content (AvgIpc) is 2.88. The third kappa shape index (κ3) is 8.54. The molecule has 4 rings (SSSR count). The van der Waals surface area contributed by atoms with E-state index in [0.29, 0.717) is 34.6 Å². The van der Waals surface area contributed by atoms with Crippen molar-refractivity contribution < 1.29 is 34.7 Å². The van der Waals surface area contributed by atoms with E-state index >= 15 is 0 Å². The number of carbonyl (C=O) groups excluding carboxylic acids is 1. The van der Waals surface area contributed by atoms with Gasteiger partial charge in [0, 0.05) is 17.7 Å². The van der Waals surface area contributed by atoms with E-state index in [-0.39, 0.29) is 17.3 Å². The fourth-order valence-corrected chi connectivity index (χ4v) is 5.30. The fourth-order valence-electron chi connectivity index (χ4n) is 4.39. The zero-order chi connectivity index (χ0) is 28.0. The first-order chi connectivity index (χ1) is 18.5. The third-order valence-electron chi connectivity index (χ3n) is 6.14. The topological polar surface area (TPSA) is 116 Å². The minimum absolute atomic E-state index is 0.0398. The molecule has 0 aliphatic carbocycles. The summed E-state index contributed by atoms with van der Waals surface area (Å²) in [6, 6.07) is 17.3. The molecule has 39 heavy (non-hydrogen) atoms. The number of carbonyl (C=O) groups is 1. The SMILES string of the molecule is CS(=O)(=O)Oc1ccc(-c2cc(OS(C)(=O)=O)ccc2C(=O)c2ccc(OCCN3CCCCC3)cc2)cc1. The van der Waals surface area contributed by atoms with Crippen molar-refractivity contribution in [1.29, 1.82) is 0 Å². The first-order valence-electron chi connectivity index (χ1n) is 12.5. The molecule has 1 aliphatic heterocycles. The number of hydrogen-bond acceptors (Lipinski definition) is 9. The van der Waals surface area contributed by atoms with Crippen LogP contribution < -0.4 is 13.1 Å². The Morgan fingerprint density at radius 3 is 1.92 bits per heavy atom. The van der Waals surface area contributed by atoms with Gasteiger partial charge in [0.1, 0.15) is 23.9 Å². The third-order valence-corrected chi connectivity index (χ3v) is 7.13. The lowest BCUT2D eigenvalue weighted by Gasteiger charge is -2.26. The van der Waals surface area contributed by atoms with E-state index < -0.39 is 20.2 Å². The molecule has 0 radical (unpaired) electrons. The highest BCUT2D eigenvalue weighted by Gasteiger charge is 2.18. The largest absolute Gasteiger partial charge is 0.492 e. The molecular formula is C28H31NO8S2. The smallest absolute Gasteiger partial charge is 0.306 e. The molecule has 0 spiro atoms. The van der Waals surface area contributed by atoms with Crippen molar-refractivity contribution in [3.63, 3.8) is 0 Å². The van der Waals surface area contributed by atoms with Crippen molar-refractivity contribution in [3.05, 3.63) is 77.9 Å². The van der Waals surface area contributed by atoms with Crippen LogP contribution in [0.1, 0.15) is 35.2 Å². The lowest BCUT2D eigenvalue weighted by Crippen LogP contribution is -2.33. The van der Waals surface area contributed by atoms with Gasteiger partial charge in [0.15, 0.2) is 5.78 Å². The van der Waals surface area contributed by atoms with Gasteiger partial charge in [-0.25, -0.2) is 0 Å². The molecule has 208 valence electrons. The van der Waals surface area contributed by atoms with Crippen molar-refractivity contribution in [2.45, 2.75) is 19.3 Å². The summed E-state index contributed by atoms with van der Waals surface area (Å²) in [6.45, 7) is 3.62. The van der Waals surface area contributed by atoms with Gasteiger partial charge in [-0.15, -0.1) is 0 Å². The van der Waals surface area contributed by atoms with Crippen molar-refractivity contribution in [1.82, 2.24) is 4.90 Å². The van der Waals surface area contributed by atoms with Crippen LogP contribution in [-0.4, -0.2) is 66.3 Å². The number of likely N-dealkylation sites (tertiary alicyclic amines) is 1. The number of hydrogen-bond donors (Lipinski definition) is 0. The van der Waals surface area contributed by atoms with Crippen LogP contribution in [0.25, 0.3) is 11.1 Å². The molecule has 0 unspecified atom stereocenters. The molecule has 0 aromatic heterocycles. The maximum Gasteiger partial charge on any atom is 0.306 e. The molecule has 1 aliphatic rings. The molecule has 1 saturated heterocycles. The second kappa shape index (κ2) is 12.2. The summed E-state index contributed by atoms with van der Waals surface area (Å²) in [7, 11) is -7.51. The molecule has 0 N–H and O–H groups in total. The van der Waals surface area contributed by atoms with Crippen LogP contribution in [0.2, 0.25) is 0 Å². The van der Waals surface area contributed by atoms with Gasteiger partial charge in [-0.2, -0.15) is 16.8 Å². The molecule has 3 aromatic carbocycles. The zero-order valence-electron chi connectivity index (χ0n) is 21.8. The van der Waals surface area contributed by atoms with Crippen molar-refractivity contribution in [2.24, 2.45) is 0 Å². The van der Waals surface area contributed by atoms with Gasteiger partial charge in [-0.05, 0) is 91.7 Å². The predicted octanol–water partition coefficient (Wildman–Crippen LogP) is 4.13. The Kier molecular flexibility index (Phi) is 8.94. The average molecular weight is 574 g/mol. The number of nitrogens with zero attached hydrogens (tertiary/aromatic N) is 1.